The number of hydrazine groups is 1. The number of hydrogen-bond acceptors (Lipinski definition) is 7. The van der Waals surface area contributed by atoms with Gasteiger partial charge in [0.2, 0.25) is 0 Å². The van der Waals surface area contributed by atoms with Gasteiger partial charge in [0.1, 0.15) is 5.70 Å². The number of anilines is 2. The van der Waals surface area contributed by atoms with Gasteiger partial charge >= 0.3 is 18.0 Å². The molecule has 0 radical (unpaired) electrons. The molecule has 0 spiro atoms. The van der Waals surface area contributed by atoms with Crippen LogP contribution in [0.25, 0.3) is 0 Å². The Morgan fingerprint density at radius 3 is 2.13 bits per heavy atom. The van der Waals surface area contributed by atoms with Gasteiger partial charge in [-0.1, -0.05) is 30.3 Å². The summed E-state index contributed by atoms with van der Waals surface area (Å²) in [5, 5.41) is 5.21. The Kier molecular flexibility index (Phi) is 7.94. The zero-order valence-electron chi connectivity index (χ0n) is 16.2. The second kappa shape index (κ2) is 10.9. The second-order valence-corrected chi connectivity index (χ2v) is 5.64. The lowest BCUT2D eigenvalue weighted by molar-refractivity contribution is -0.138. The molecule has 0 bridgehead atoms. The number of amides is 3. The number of para-hydroxylation sites is 2. The summed E-state index contributed by atoms with van der Waals surface area (Å²) in [4.78, 5) is 47.8. The maximum Gasteiger partial charge on any atom is 0.354 e. The third-order valence-corrected chi connectivity index (χ3v) is 3.63. The molecule has 0 aliphatic heterocycles. The fraction of sp³-hybridized carbons (Fsp3) is 0.100. The zero-order chi connectivity index (χ0) is 21.9. The molecule has 0 aliphatic rings. The highest BCUT2D eigenvalue weighted by molar-refractivity contribution is 6.04. The molecular formula is C20H20N4O6. The van der Waals surface area contributed by atoms with Crippen molar-refractivity contribution in [1.82, 2.24) is 10.9 Å². The van der Waals surface area contributed by atoms with Gasteiger partial charge in [-0.2, -0.15) is 0 Å². The molecule has 10 nitrogen and oxygen atoms in total. The summed E-state index contributed by atoms with van der Waals surface area (Å²) < 4.78 is 9.13. The monoisotopic (exact) mass is 412 g/mol. The minimum absolute atomic E-state index is 0.0946. The van der Waals surface area contributed by atoms with Crippen molar-refractivity contribution in [1.29, 1.82) is 0 Å². The average molecular weight is 412 g/mol. The van der Waals surface area contributed by atoms with Gasteiger partial charge < -0.3 is 20.1 Å². The molecule has 0 saturated heterocycles. The van der Waals surface area contributed by atoms with Gasteiger partial charge in [0.25, 0.3) is 5.91 Å². The molecule has 0 atom stereocenters. The molecule has 0 heterocycles. The first-order valence-electron chi connectivity index (χ1n) is 8.61. The quantitative estimate of drug-likeness (QED) is 0.323. The topological polar surface area (TPSA) is 135 Å². The Morgan fingerprint density at radius 1 is 0.800 bits per heavy atom. The number of rotatable bonds is 6. The molecule has 2 aromatic rings. The van der Waals surface area contributed by atoms with Gasteiger partial charge in [-0.15, -0.1) is 0 Å². The molecule has 10 heteroatoms. The number of ether oxygens (including phenoxy) is 2. The third kappa shape index (κ3) is 6.37. The summed E-state index contributed by atoms with van der Waals surface area (Å²) in [6.07, 6.45) is 0.895. The first kappa shape index (κ1) is 22.0. The molecular weight excluding hydrogens is 392 g/mol. The molecule has 0 unspecified atom stereocenters. The summed E-state index contributed by atoms with van der Waals surface area (Å²) in [5.74, 6) is -2.29. The summed E-state index contributed by atoms with van der Waals surface area (Å²) in [5.41, 5.74) is 5.08. The van der Waals surface area contributed by atoms with Crippen molar-refractivity contribution in [3.63, 3.8) is 0 Å². The molecule has 0 aromatic heterocycles. The number of carbonyl (C=O) groups excluding carboxylic acids is 4. The summed E-state index contributed by atoms with van der Waals surface area (Å²) in [6, 6.07) is 14.2. The third-order valence-electron chi connectivity index (χ3n) is 3.63. The van der Waals surface area contributed by atoms with Crippen LogP contribution in [0.3, 0.4) is 0 Å². The minimum Gasteiger partial charge on any atom is -0.466 e. The normalized spacial score (nSPS) is 10.4. The Labute approximate surface area is 172 Å². The van der Waals surface area contributed by atoms with Crippen LogP contribution in [-0.4, -0.2) is 38.1 Å². The Hall–Kier alpha value is -4.34. The SMILES string of the molecule is COC(=O)/C=C(/Nc1ccccc1C(=O)NNC(=O)Nc1ccccc1)C(=O)OC. The molecule has 2 rings (SSSR count). The Bertz CT molecular complexity index is 959. The van der Waals surface area contributed by atoms with Crippen molar-refractivity contribution in [2.45, 2.75) is 0 Å². The molecule has 2 aromatic carbocycles. The average Bonchev–Trinajstić information content (AvgIpc) is 2.77. The van der Waals surface area contributed by atoms with Crippen LogP contribution in [0.1, 0.15) is 10.4 Å². The fourth-order valence-corrected chi connectivity index (χ4v) is 2.23. The standard InChI is InChI=1S/C20H20N4O6/c1-29-17(25)12-16(19(27)30-2)22-15-11-7-6-10-14(15)18(26)23-24-20(28)21-13-8-4-3-5-9-13/h3-12,22H,1-2H3,(H,23,26)(H2,21,24,28)/b16-12+. The van der Waals surface area contributed by atoms with Crippen molar-refractivity contribution in [3.8, 4) is 0 Å². The number of urea groups is 1. The van der Waals surface area contributed by atoms with E-state index in [1.807, 2.05) is 0 Å². The predicted octanol–water partition coefficient (Wildman–Crippen LogP) is 1.79. The van der Waals surface area contributed by atoms with Crippen LogP contribution in [0, 0.1) is 0 Å². The molecule has 0 fully saturated rings. The first-order chi connectivity index (χ1) is 14.4. The van der Waals surface area contributed by atoms with E-state index in [4.69, 9.17) is 0 Å². The predicted molar refractivity (Wildman–Crippen MR) is 108 cm³/mol. The first-order valence-corrected chi connectivity index (χ1v) is 8.61. The van der Waals surface area contributed by atoms with E-state index < -0.39 is 23.9 Å². The lowest BCUT2D eigenvalue weighted by atomic mass is 10.1. The summed E-state index contributed by atoms with van der Waals surface area (Å²) >= 11 is 0. The van der Waals surface area contributed by atoms with Crippen molar-refractivity contribution in [2.24, 2.45) is 0 Å². The highest BCUT2D eigenvalue weighted by Gasteiger charge is 2.17. The maximum atomic E-state index is 12.5. The lowest BCUT2D eigenvalue weighted by Crippen LogP contribution is -2.44. The largest absolute Gasteiger partial charge is 0.466 e. The molecule has 156 valence electrons. The smallest absolute Gasteiger partial charge is 0.354 e. The van der Waals surface area contributed by atoms with Crippen LogP contribution >= 0.6 is 0 Å². The van der Waals surface area contributed by atoms with E-state index in [-0.39, 0.29) is 16.9 Å². The van der Waals surface area contributed by atoms with E-state index in [9.17, 15) is 19.2 Å². The van der Waals surface area contributed by atoms with Gasteiger partial charge in [-0.3, -0.25) is 10.2 Å². The fourth-order valence-electron chi connectivity index (χ4n) is 2.23. The van der Waals surface area contributed by atoms with Crippen molar-refractivity contribution < 1.29 is 28.7 Å². The van der Waals surface area contributed by atoms with Crippen molar-refractivity contribution in [3.05, 3.63) is 71.9 Å². The number of esters is 2. The van der Waals surface area contributed by atoms with Crippen LogP contribution < -0.4 is 21.5 Å². The van der Waals surface area contributed by atoms with Gasteiger partial charge in [-0.05, 0) is 24.3 Å². The van der Waals surface area contributed by atoms with E-state index in [0.717, 1.165) is 20.3 Å². The van der Waals surface area contributed by atoms with E-state index in [1.54, 1.807) is 42.5 Å². The van der Waals surface area contributed by atoms with Gasteiger partial charge in [-0.25, -0.2) is 19.8 Å². The van der Waals surface area contributed by atoms with Gasteiger partial charge in [0, 0.05) is 5.69 Å². The van der Waals surface area contributed by atoms with Crippen LogP contribution in [-0.2, 0) is 19.1 Å². The summed E-state index contributed by atoms with van der Waals surface area (Å²) in [7, 11) is 2.30. The maximum absolute atomic E-state index is 12.5. The van der Waals surface area contributed by atoms with Crippen molar-refractivity contribution in [2.75, 3.05) is 24.9 Å². The minimum atomic E-state index is -0.837. The molecule has 0 saturated carbocycles. The van der Waals surface area contributed by atoms with E-state index in [2.05, 4.69) is 31.0 Å². The number of benzene rings is 2. The van der Waals surface area contributed by atoms with E-state index in [1.165, 1.54) is 12.1 Å². The molecule has 4 N–H and O–H groups in total. The van der Waals surface area contributed by atoms with Gasteiger partial charge in [0.15, 0.2) is 0 Å². The molecule has 30 heavy (non-hydrogen) atoms. The van der Waals surface area contributed by atoms with Crippen LogP contribution in [0.4, 0.5) is 16.2 Å². The molecule has 0 aliphatic carbocycles. The second-order valence-electron chi connectivity index (χ2n) is 5.64. The van der Waals surface area contributed by atoms with E-state index >= 15 is 0 Å². The highest BCUT2D eigenvalue weighted by Crippen LogP contribution is 2.17. The van der Waals surface area contributed by atoms with Crippen LogP contribution in [0.2, 0.25) is 0 Å². The Balaban J connectivity index is 2.10. The highest BCUT2D eigenvalue weighted by atomic mass is 16.5. The van der Waals surface area contributed by atoms with Crippen LogP contribution in [0.5, 0.6) is 0 Å². The molecule has 3 amide bonds. The van der Waals surface area contributed by atoms with Crippen molar-refractivity contribution >= 4 is 35.3 Å². The number of carbonyl (C=O) groups is 4. The zero-order valence-corrected chi connectivity index (χ0v) is 16.2. The van der Waals surface area contributed by atoms with Gasteiger partial charge in [0.05, 0.1) is 31.5 Å². The van der Waals surface area contributed by atoms with E-state index in [0.29, 0.717) is 5.69 Å². The Morgan fingerprint density at radius 2 is 1.47 bits per heavy atom. The number of methoxy groups -OCH3 is 2. The lowest BCUT2D eigenvalue weighted by Gasteiger charge is -2.14. The number of hydrogen-bond donors (Lipinski definition) is 4. The number of nitrogens with one attached hydrogen (secondary N) is 4. The summed E-state index contributed by atoms with van der Waals surface area (Å²) in [6.45, 7) is 0. The van der Waals surface area contributed by atoms with Crippen LogP contribution in [0.15, 0.2) is 66.4 Å².